The molecule has 0 saturated heterocycles. The average Bonchev–Trinajstić information content (AvgIpc) is 2.40. The van der Waals surface area contributed by atoms with Crippen molar-refractivity contribution in [2.24, 2.45) is 0 Å². The number of hydrogen-bond donors (Lipinski definition) is 2. The van der Waals surface area contributed by atoms with E-state index in [2.05, 4.69) is 36.2 Å². The molecule has 2 heterocycles. The van der Waals surface area contributed by atoms with Crippen molar-refractivity contribution in [1.29, 1.82) is 0 Å². The first kappa shape index (κ1) is 12.6. The number of pyridine rings is 1. The lowest BCUT2D eigenvalue weighted by molar-refractivity contribution is 0.397. The maximum absolute atomic E-state index is 5.53. The maximum Gasteiger partial charge on any atom is 0.221 e. The minimum Gasteiger partial charge on any atom is -0.481 e. The van der Waals surface area contributed by atoms with E-state index >= 15 is 0 Å². The van der Waals surface area contributed by atoms with Gasteiger partial charge in [0.2, 0.25) is 11.8 Å². The van der Waals surface area contributed by atoms with E-state index in [1.807, 2.05) is 12.1 Å². The molecule has 0 unspecified atom stereocenters. The van der Waals surface area contributed by atoms with E-state index in [9.17, 15) is 0 Å². The predicted molar refractivity (Wildman–Crippen MR) is 72.3 cm³/mol. The molecule has 0 aliphatic heterocycles. The van der Waals surface area contributed by atoms with Crippen LogP contribution < -0.4 is 15.8 Å². The Bertz CT molecular complexity index is 549. The standard InChI is InChI=1S/C11H12BrN5O/c1-18-9-4-7(2-3-14-9)5-15-10-8(12)6-16-11(13)17-10/h2-4,6H,5H2,1H3,(H3,13,15,16,17). The molecule has 94 valence electrons. The zero-order chi connectivity index (χ0) is 13.0. The lowest BCUT2D eigenvalue weighted by Gasteiger charge is -2.08. The SMILES string of the molecule is COc1cc(CNc2nc(N)ncc2Br)ccn1. The third-order valence-electron chi connectivity index (χ3n) is 2.23. The lowest BCUT2D eigenvalue weighted by Crippen LogP contribution is -2.05. The van der Waals surface area contributed by atoms with Gasteiger partial charge in [-0.15, -0.1) is 0 Å². The van der Waals surface area contributed by atoms with Crippen molar-refractivity contribution in [3.8, 4) is 5.88 Å². The van der Waals surface area contributed by atoms with Gasteiger partial charge in [0.25, 0.3) is 0 Å². The first-order valence-electron chi connectivity index (χ1n) is 5.20. The molecular weight excluding hydrogens is 298 g/mol. The Balaban J connectivity index is 2.08. The van der Waals surface area contributed by atoms with Crippen LogP contribution in [0.15, 0.2) is 29.0 Å². The van der Waals surface area contributed by atoms with Gasteiger partial charge < -0.3 is 15.8 Å². The van der Waals surface area contributed by atoms with Crippen molar-refractivity contribution >= 4 is 27.7 Å². The minimum absolute atomic E-state index is 0.230. The van der Waals surface area contributed by atoms with Gasteiger partial charge in [-0.2, -0.15) is 4.98 Å². The molecule has 0 amide bonds. The highest BCUT2D eigenvalue weighted by molar-refractivity contribution is 9.10. The quantitative estimate of drug-likeness (QED) is 0.896. The van der Waals surface area contributed by atoms with E-state index in [0.717, 1.165) is 10.0 Å². The van der Waals surface area contributed by atoms with Crippen LogP contribution in [0.3, 0.4) is 0 Å². The van der Waals surface area contributed by atoms with Crippen LogP contribution >= 0.6 is 15.9 Å². The van der Waals surface area contributed by atoms with E-state index < -0.39 is 0 Å². The fourth-order valence-corrected chi connectivity index (χ4v) is 1.69. The van der Waals surface area contributed by atoms with Crippen molar-refractivity contribution in [2.75, 3.05) is 18.2 Å². The summed E-state index contributed by atoms with van der Waals surface area (Å²) in [6.07, 6.45) is 3.30. The summed E-state index contributed by atoms with van der Waals surface area (Å²) >= 11 is 3.35. The maximum atomic E-state index is 5.53. The average molecular weight is 310 g/mol. The van der Waals surface area contributed by atoms with Crippen molar-refractivity contribution in [1.82, 2.24) is 15.0 Å². The number of ether oxygens (including phenoxy) is 1. The van der Waals surface area contributed by atoms with Crippen LogP contribution in [0.25, 0.3) is 0 Å². The summed E-state index contributed by atoms with van der Waals surface area (Å²) in [5, 5.41) is 3.16. The molecule has 18 heavy (non-hydrogen) atoms. The number of nitrogens with one attached hydrogen (secondary N) is 1. The Morgan fingerprint density at radius 2 is 2.28 bits per heavy atom. The molecule has 0 aliphatic rings. The van der Waals surface area contributed by atoms with Gasteiger partial charge in [-0.25, -0.2) is 9.97 Å². The van der Waals surface area contributed by atoms with Gasteiger partial charge in [-0.3, -0.25) is 0 Å². The van der Waals surface area contributed by atoms with Crippen LogP contribution in [0.2, 0.25) is 0 Å². The van der Waals surface area contributed by atoms with Crippen LogP contribution in [-0.4, -0.2) is 22.1 Å². The first-order chi connectivity index (χ1) is 8.69. The van der Waals surface area contributed by atoms with Crippen LogP contribution in [0, 0.1) is 0 Å². The highest BCUT2D eigenvalue weighted by Crippen LogP contribution is 2.20. The van der Waals surface area contributed by atoms with Crippen LogP contribution in [-0.2, 0) is 6.54 Å². The molecule has 2 aromatic rings. The summed E-state index contributed by atoms with van der Waals surface area (Å²) in [7, 11) is 1.58. The van der Waals surface area contributed by atoms with Crippen LogP contribution in [0.5, 0.6) is 5.88 Å². The van der Waals surface area contributed by atoms with Gasteiger partial charge in [-0.05, 0) is 27.6 Å². The van der Waals surface area contributed by atoms with Gasteiger partial charge in [-0.1, -0.05) is 0 Å². The van der Waals surface area contributed by atoms with Gasteiger partial charge in [0.05, 0.1) is 11.6 Å². The molecule has 0 radical (unpaired) electrons. The Hall–Kier alpha value is -1.89. The number of nitrogens with zero attached hydrogens (tertiary/aromatic N) is 3. The van der Waals surface area contributed by atoms with Gasteiger partial charge in [0, 0.05) is 25.0 Å². The van der Waals surface area contributed by atoms with E-state index in [1.54, 1.807) is 19.5 Å². The molecule has 0 aliphatic carbocycles. The first-order valence-corrected chi connectivity index (χ1v) is 5.99. The summed E-state index contributed by atoms with van der Waals surface area (Å²) < 4.78 is 5.82. The Morgan fingerprint density at radius 1 is 1.44 bits per heavy atom. The number of nitrogen functional groups attached to an aromatic ring is 1. The van der Waals surface area contributed by atoms with Crippen molar-refractivity contribution < 1.29 is 4.74 Å². The second kappa shape index (κ2) is 5.63. The normalized spacial score (nSPS) is 10.1. The number of methoxy groups -OCH3 is 1. The minimum atomic E-state index is 0.230. The monoisotopic (exact) mass is 309 g/mol. The smallest absolute Gasteiger partial charge is 0.221 e. The fourth-order valence-electron chi connectivity index (χ4n) is 1.36. The van der Waals surface area contributed by atoms with Crippen molar-refractivity contribution in [3.05, 3.63) is 34.6 Å². The zero-order valence-corrected chi connectivity index (χ0v) is 11.3. The third-order valence-corrected chi connectivity index (χ3v) is 2.81. The Morgan fingerprint density at radius 3 is 3.06 bits per heavy atom. The highest BCUT2D eigenvalue weighted by Gasteiger charge is 2.03. The number of aromatic nitrogens is 3. The molecule has 0 bridgehead atoms. The largest absolute Gasteiger partial charge is 0.481 e. The molecule has 2 aromatic heterocycles. The number of rotatable bonds is 4. The van der Waals surface area contributed by atoms with Crippen LogP contribution in [0.4, 0.5) is 11.8 Å². The molecule has 6 nitrogen and oxygen atoms in total. The van der Waals surface area contributed by atoms with Crippen molar-refractivity contribution in [2.45, 2.75) is 6.54 Å². The van der Waals surface area contributed by atoms with E-state index in [0.29, 0.717) is 18.2 Å². The summed E-state index contributed by atoms with van der Waals surface area (Å²) in [5.74, 6) is 1.46. The number of halogens is 1. The molecule has 0 fully saturated rings. The van der Waals surface area contributed by atoms with E-state index in [1.165, 1.54) is 0 Å². The predicted octanol–water partition coefficient (Wildman–Crippen LogP) is 1.84. The Labute approximate surface area is 113 Å². The molecule has 7 heteroatoms. The summed E-state index contributed by atoms with van der Waals surface area (Å²) in [6, 6.07) is 3.75. The fraction of sp³-hybridized carbons (Fsp3) is 0.182. The third kappa shape index (κ3) is 3.07. The summed E-state index contributed by atoms with van der Waals surface area (Å²) in [6.45, 7) is 0.591. The van der Waals surface area contributed by atoms with Crippen LogP contribution in [0.1, 0.15) is 5.56 Å². The topological polar surface area (TPSA) is 86.0 Å². The molecule has 2 rings (SSSR count). The Kier molecular flexibility index (Phi) is 3.93. The number of anilines is 2. The molecular formula is C11H12BrN5O. The number of hydrogen-bond acceptors (Lipinski definition) is 6. The lowest BCUT2D eigenvalue weighted by atomic mass is 10.2. The zero-order valence-electron chi connectivity index (χ0n) is 9.72. The van der Waals surface area contributed by atoms with E-state index in [4.69, 9.17) is 10.5 Å². The number of nitrogens with two attached hydrogens (primary N) is 1. The second-order valence-electron chi connectivity index (χ2n) is 3.48. The highest BCUT2D eigenvalue weighted by atomic mass is 79.9. The molecule has 3 N–H and O–H groups in total. The van der Waals surface area contributed by atoms with Crippen molar-refractivity contribution in [3.63, 3.8) is 0 Å². The van der Waals surface area contributed by atoms with E-state index in [-0.39, 0.29) is 5.95 Å². The van der Waals surface area contributed by atoms with Gasteiger partial charge in [0.1, 0.15) is 5.82 Å². The molecule has 0 aromatic carbocycles. The second-order valence-corrected chi connectivity index (χ2v) is 4.34. The summed E-state index contributed by atoms with van der Waals surface area (Å²) in [4.78, 5) is 12.0. The molecule has 0 atom stereocenters. The molecule has 0 spiro atoms. The summed E-state index contributed by atoms with van der Waals surface area (Å²) in [5.41, 5.74) is 6.56. The van der Waals surface area contributed by atoms with Gasteiger partial charge in [0.15, 0.2) is 0 Å². The van der Waals surface area contributed by atoms with Gasteiger partial charge >= 0.3 is 0 Å². The molecule has 0 saturated carbocycles.